The molecule has 0 aliphatic carbocycles. The van der Waals surface area contributed by atoms with E-state index in [4.69, 9.17) is 0 Å². The number of aromatic nitrogens is 3. The van der Waals surface area contributed by atoms with Crippen LogP contribution in [0, 0.1) is 6.92 Å². The molecule has 0 aliphatic heterocycles. The largest absolute Gasteiger partial charge is 0.221 e. The highest BCUT2D eigenvalue weighted by Crippen LogP contribution is 2.18. The van der Waals surface area contributed by atoms with Gasteiger partial charge < -0.3 is 0 Å². The smallest absolute Gasteiger partial charge is 0.155 e. The Morgan fingerprint density at radius 3 is 2.62 bits per heavy atom. The zero-order chi connectivity index (χ0) is 12.1. The van der Waals surface area contributed by atoms with E-state index in [9.17, 15) is 0 Å². The summed E-state index contributed by atoms with van der Waals surface area (Å²) >= 11 is 0. The molecule has 0 fully saturated rings. The van der Waals surface area contributed by atoms with Gasteiger partial charge in [0.05, 0.1) is 0 Å². The van der Waals surface area contributed by atoms with Crippen LogP contribution in [0.4, 0.5) is 0 Å². The van der Waals surface area contributed by atoms with E-state index in [2.05, 4.69) is 36.2 Å². The fraction of sp³-hybridized carbons (Fsp3) is 0.538. The third kappa shape index (κ3) is 2.60. The third-order valence-corrected chi connectivity index (χ3v) is 2.64. The van der Waals surface area contributed by atoms with Crippen molar-refractivity contribution in [3.8, 4) is 0 Å². The van der Waals surface area contributed by atoms with E-state index in [-0.39, 0.29) is 0 Å². The molecule has 2 aromatic heterocycles. The van der Waals surface area contributed by atoms with Crippen LogP contribution >= 0.6 is 0 Å². The number of hydrogen-bond donors (Lipinski definition) is 0. The molecule has 0 saturated carbocycles. The zero-order valence-electron chi connectivity index (χ0n) is 10.9. The second kappa shape index (κ2) is 5.64. The number of aryl methyl sites for hydroxylation is 1. The summed E-state index contributed by atoms with van der Waals surface area (Å²) in [5, 5.41) is 4.30. The highest BCUT2D eigenvalue weighted by atomic mass is 15.3. The molecule has 2 aromatic rings. The van der Waals surface area contributed by atoms with Crippen LogP contribution in [-0.2, 0) is 0 Å². The van der Waals surface area contributed by atoms with E-state index in [1.165, 1.54) is 5.56 Å². The Hall–Kier alpha value is -1.38. The van der Waals surface area contributed by atoms with Crippen molar-refractivity contribution in [3.05, 3.63) is 29.7 Å². The Kier molecular flexibility index (Phi) is 4.47. The molecule has 0 N–H and O–H groups in total. The second-order valence-corrected chi connectivity index (χ2v) is 3.73. The first-order chi connectivity index (χ1) is 7.70. The van der Waals surface area contributed by atoms with Gasteiger partial charge in [-0.3, -0.25) is 0 Å². The molecule has 0 radical (unpaired) electrons. The summed E-state index contributed by atoms with van der Waals surface area (Å²) in [6, 6.07) is 4.17. The van der Waals surface area contributed by atoms with E-state index < -0.39 is 0 Å². The molecule has 16 heavy (non-hydrogen) atoms. The molecule has 0 saturated heterocycles. The first-order valence-corrected chi connectivity index (χ1v) is 6.03. The number of fused-ring (bicyclic) bond motifs is 1. The van der Waals surface area contributed by atoms with Crippen LogP contribution in [0.1, 0.15) is 51.4 Å². The van der Waals surface area contributed by atoms with Gasteiger partial charge in [0.25, 0.3) is 0 Å². The topological polar surface area (TPSA) is 30.2 Å². The number of rotatable bonds is 2. The minimum atomic E-state index is 0.587. The minimum absolute atomic E-state index is 0.587. The van der Waals surface area contributed by atoms with Crippen molar-refractivity contribution >= 4 is 5.65 Å². The van der Waals surface area contributed by atoms with Gasteiger partial charge in [0.1, 0.15) is 5.82 Å². The summed E-state index contributed by atoms with van der Waals surface area (Å²) in [4.78, 5) is 4.29. The molecule has 0 bridgehead atoms. The van der Waals surface area contributed by atoms with Gasteiger partial charge in [0.15, 0.2) is 5.65 Å². The van der Waals surface area contributed by atoms with E-state index in [1.807, 2.05) is 31.4 Å². The Bertz CT molecular complexity index is 445. The van der Waals surface area contributed by atoms with Crippen LogP contribution < -0.4 is 0 Å². The Morgan fingerprint density at radius 2 is 2.00 bits per heavy atom. The van der Waals surface area contributed by atoms with Crippen molar-refractivity contribution in [2.45, 2.75) is 47.0 Å². The standard InChI is InChI=1S/C11H15N3.C2H6/c1-4-8(2)10-5-6-11-12-9(3)13-14(11)7-10;1-2/h5-8H,4H2,1-3H3;1-2H3. The quantitative estimate of drug-likeness (QED) is 0.772. The fourth-order valence-corrected chi connectivity index (χ4v) is 1.54. The molecule has 0 aromatic carbocycles. The van der Waals surface area contributed by atoms with E-state index in [0.717, 1.165) is 17.9 Å². The van der Waals surface area contributed by atoms with Crippen LogP contribution in [0.25, 0.3) is 5.65 Å². The lowest BCUT2D eigenvalue weighted by Gasteiger charge is -2.07. The maximum Gasteiger partial charge on any atom is 0.155 e. The predicted octanol–water partition coefficient (Wildman–Crippen LogP) is 3.58. The first kappa shape index (κ1) is 12.7. The Morgan fingerprint density at radius 1 is 1.31 bits per heavy atom. The summed E-state index contributed by atoms with van der Waals surface area (Å²) in [5.74, 6) is 1.41. The number of nitrogens with zero attached hydrogens (tertiary/aromatic N) is 3. The molecule has 2 heterocycles. The lowest BCUT2D eigenvalue weighted by atomic mass is 10.0. The van der Waals surface area contributed by atoms with Crippen LogP contribution in [0.5, 0.6) is 0 Å². The SMILES string of the molecule is CC.CCC(C)c1ccc2nc(C)nn2c1. The van der Waals surface area contributed by atoms with Crippen molar-refractivity contribution in [2.24, 2.45) is 0 Å². The van der Waals surface area contributed by atoms with Gasteiger partial charge in [-0.1, -0.05) is 33.8 Å². The first-order valence-electron chi connectivity index (χ1n) is 6.03. The van der Waals surface area contributed by atoms with Gasteiger partial charge >= 0.3 is 0 Å². The van der Waals surface area contributed by atoms with Gasteiger partial charge in [-0.2, -0.15) is 5.10 Å². The van der Waals surface area contributed by atoms with Gasteiger partial charge in [-0.15, -0.1) is 0 Å². The highest BCUT2D eigenvalue weighted by molar-refractivity contribution is 5.39. The molecule has 2 rings (SSSR count). The maximum atomic E-state index is 4.30. The maximum absolute atomic E-state index is 4.30. The average molecular weight is 219 g/mol. The normalized spacial score (nSPS) is 12.1. The van der Waals surface area contributed by atoms with Crippen molar-refractivity contribution in [2.75, 3.05) is 0 Å². The Labute approximate surface area is 97.5 Å². The fourth-order valence-electron chi connectivity index (χ4n) is 1.54. The van der Waals surface area contributed by atoms with Gasteiger partial charge in [0, 0.05) is 6.20 Å². The predicted molar refractivity (Wildman–Crippen MR) is 67.8 cm³/mol. The van der Waals surface area contributed by atoms with Crippen molar-refractivity contribution in [3.63, 3.8) is 0 Å². The lowest BCUT2D eigenvalue weighted by molar-refractivity contribution is 0.723. The summed E-state index contributed by atoms with van der Waals surface area (Å²) in [5.41, 5.74) is 2.25. The molecule has 0 amide bonds. The minimum Gasteiger partial charge on any atom is -0.221 e. The average Bonchev–Trinajstić information content (AvgIpc) is 2.69. The summed E-state index contributed by atoms with van der Waals surface area (Å²) < 4.78 is 1.86. The molecule has 1 unspecified atom stereocenters. The molecule has 88 valence electrons. The van der Waals surface area contributed by atoms with E-state index >= 15 is 0 Å². The van der Waals surface area contributed by atoms with Crippen LogP contribution in [0.2, 0.25) is 0 Å². The molecule has 0 spiro atoms. The monoisotopic (exact) mass is 219 g/mol. The van der Waals surface area contributed by atoms with Gasteiger partial charge in [-0.05, 0) is 30.9 Å². The van der Waals surface area contributed by atoms with Crippen LogP contribution in [0.3, 0.4) is 0 Å². The van der Waals surface area contributed by atoms with E-state index in [0.29, 0.717) is 5.92 Å². The summed E-state index contributed by atoms with van der Waals surface area (Å²) in [7, 11) is 0. The van der Waals surface area contributed by atoms with Crippen molar-refractivity contribution in [1.82, 2.24) is 14.6 Å². The van der Waals surface area contributed by atoms with Gasteiger partial charge in [-0.25, -0.2) is 9.50 Å². The second-order valence-electron chi connectivity index (χ2n) is 3.73. The summed E-state index contributed by atoms with van der Waals surface area (Å²) in [6.45, 7) is 10.3. The number of hydrogen-bond acceptors (Lipinski definition) is 2. The number of pyridine rings is 1. The molecular formula is C13H21N3. The molecule has 3 heteroatoms. The summed E-state index contributed by atoms with van der Waals surface area (Å²) in [6.07, 6.45) is 3.22. The lowest BCUT2D eigenvalue weighted by Crippen LogP contribution is -1.95. The van der Waals surface area contributed by atoms with Crippen LogP contribution in [0.15, 0.2) is 18.3 Å². The third-order valence-electron chi connectivity index (χ3n) is 2.64. The molecule has 1 atom stereocenters. The molecule has 3 nitrogen and oxygen atoms in total. The van der Waals surface area contributed by atoms with Crippen molar-refractivity contribution in [1.29, 1.82) is 0 Å². The van der Waals surface area contributed by atoms with E-state index in [1.54, 1.807) is 0 Å². The van der Waals surface area contributed by atoms with Crippen molar-refractivity contribution < 1.29 is 0 Å². The van der Waals surface area contributed by atoms with Crippen LogP contribution in [-0.4, -0.2) is 14.6 Å². The highest BCUT2D eigenvalue weighted by Gasteiger charge is 2.05. The van der Waals surface area contributed by atoms with Gasteiger partial charge in [0.2, 0.25) is 0 Å². The molecular weight excluding hydrogens is 198 g/mol. The molecule has 0 aliphatic rings. The zero-order valence-corrected chi connectivity index (χ0v) is 10.9. The Balaban J connectivity index is 0.000000606.